The molecule has 0 amide bonds. The Labute approximate surface area is 121 Å². The van der Waals surface area contributed by atoms with Crippen LogP contribution in [0.2, 0.25) is 5.02 Å². The van der Waals surface area contributed by atoms with Crippen molar-refractivity contribution in [3.05, 3.63) is 33.8 Å². The first-order valence-electron chi connectivity index (χ1n) is 6.98. The zero-order chi connectivity index (χ0) is 13.1. The summed E-state index contributed by atoms with van der Waals surface area (Å²) in [5.41, 5.74) is 3.62. The third-order valence-electron chi connectivity index (χ3n) is 4.15. The fraction of sp³-hybridized carbons (Fsp3) is 0.625. The molecule has 1 saturated carbocycles. The van der Waals surface area contributed by atoms with Crippen molar-refractivity contribution < 1.29 is 0 Å². The van der Waals surface area contributed by atoms with E-state index >= 15 is 0 Å². The zero-order valence-electron chi connectivity index (χ0n) is 11.3. The molecule has 0 N–H and O–H groups in total. The van der Waals surface area contributed by atoms with E-state index in [0.717, 1.165) is 22.9 Å². The Balaban J connectivity index is 2.08. The lowest BCUT2D eigenvalue weighted by atomic mass is 9.84. The van der Waals surface area contributed by atoms with Gasteiger partial charge in [-0.2, -0.15) is 0 Å². The normalized spacial score (nSPS) is 18.9. The zero-order valence-corrected chi connectivity index (χ0v) is 12.8. The van der Waals surface area contributed by atoms with Gasteiger partial charge >= 0.3 is 0 Å². The minimum Gasteiger partial charge on any atom is -0.118 e. The summed E-state index contributed by atoms with van der Waals surface area (Å²) >= 11 is 12.8. The first kappa shape index (κ1) is 14.2. The summed E-state index contributed by atoms with van der Waals surface area (Å²) in [6.07, 6.45) is 8.00. The number of hydrogen-bond acceptors (Lipinski definition) is 0. The van der Waals surface area contributed by atoms with Crippen LogP contribution in [0, 0.1) is 19.8 Å². The van der Waals surface area contributed by atoms with E-state index in [9.17, 15) is 0 Å². The molecular formula is C16H22Cl2. The molecule has 0 aromatic heterocycles. The SMILES string of the molecule is Cc1cc(C(Cl)CC2CCCCC2)c(C)cc1Cl. The summed E-state index contributed by atoms with van der Waals surface area (Å²) in [5, 5.41) is 0.988. The molecule has 18 heavy (non-hydrogen) atoms. The molecule has 0 nitrogen and oxygen atoms in total. The van der Waals surface area contributed by atoms with E-state index in [-0.39, 0.29) is 5.38 Å². The predicted molar refractivity (Wildman–Crippen MR) is 80.7 cm³/mol. The molecule has 1 unspecified atom stereocenters. The van der Waals surface area contributed by atoms with Crippen molar-refractivity contribution in [2.75, 3.05) is 0 Å². The number of alkyl halides is 1. The number of benzene rings is 1. The summed E-state index contributed by atoms with van der Waals surface area (Å²) in [6, 6.07) is 4.21. The first-order chi connectivity index (χ1) is 8.58. The second-order valence-electron chi connectivity index (χ2n) is 5.67. The lowest BCUT2D eigenvalue weighted by Gasteiger charge is -2.24. The Morgan fingerprint density at radius 3 is 2.44 bits per heavy atom. The average molecular weight is 285 g/mol. The Kier molecular flexibility index (Phi) is 4.98. The van der Waals surface area contributed by atoms with Crippen LogP contribution < -0.4 is 0 Å². The van der Waals surface area contributed by atoms with E-state index in [4.69, 9.17) is 23.2 Å². The molecule has 0 aliphatic heterocycles. The Bertz CT molecular complexity index is 406. The molecule has 0 heterocycles. The maximum atomic E-state index is 6.63. The molecule has 1 aromatic rings. The highest BCUT2D eigenvalue weighted by Crippen LogP contribution is 2.37. The van der Waals surface area contributed by atoms with Gasteiger partial charge < -0.3 is 0 Å². The number of halogens is 2. The number of aryl methyl sites for hydroxylation is 2. The van der Waals surface area contributed by atoms with Gasteiger partial charge in [0, 0.05) is 5.02 Å². The van der Waals surface area contributed by atoms with Gasteiger partial charge in [-0.05, 0) is 48.9 Å². The number of rotatable bonds is 3. The van der Waals surface area contributed by atoms with E-state index in [2.05, 4.69) is 19.9 Å². The molecule has 0 radical (unpaired) electrons. The monoisotopic (exact) mass is 284 g/mol. The highest BCUT2D eigenvalue weighted by Gasteiger charge is 2.20. The fourth-order valence-electron chi connectivity index (χ4n) is 2.98. The Hall–Kier alpha value is -0.200. The van der Waals surface area contributed by atoms with Crippen molar-refractivity contribution in [1.29, 1.82) is 0 Å². The van der Waals surface area contributed by atoms with Crippen LogP contribution in [0.5, 0.6) is 0 Å². The van der Waals surface area contributed by atoms with E-state index in [0.29, 0.717) is 0 Å². The maximum Gasteiger partial charge on any atom is 0.0590 e. The third-order valence-corrected chi connectivity index (χ3v) is 4.97. The molecular weight excluding hydrogens is 263 g/mol. The van der Waals surface area contributed by atoms with Crippen LogP contribution in [-0.4, -0.2) is 0 Å². The molecule has 2 rings (SSSR count). The largest absolute Gasteiger partial charge is 0.118 e. The summed E-state index contributed by atoms with van der Waals surface area (Å²) in [6.45, 7) is 4.16. The van der Waals surface area contributed by atoms with E-state index in [1.807, 2.05) is 6.07 Å². The van der Waals surface area contributed by atoms with Crippen molar-refractivity contribution in [2.24, 2.45) is 5.92 Å². The van der Waals surface area contributed by atoms with Crippen LogP contribution >= 0.6 is 23.2 Å². The van der Waals surface area contributed by atoms with Gasteiger partial charge in [-0.15, -0.1) is 11.6 Å². The summed E-state index contributed by atoms with van der Waals surface area (Å²) in [5.74, 6) is 0.816. The first-order valence-corrected chi connectivity index (χ1v) is 7.80. The van der Waals surface area contributed by atoms with Gasteiger partial charge in [0.05, 0.1) is 5.38 Å². The van der Waals surface area contributed by atoms with Crippen LogP contribution in [0.4, 0.5) is 0 Å². The summed E-state index contributed by atoms with van der Waals surface area (Å²) < 4.78 is 0. The Morgan fingerprint density at radius 2 is 1.78 bits per heavy atom. The molecule has 1 fully saturated rings. The number of hydrogen-bond donors (Lipinski definition) is 0. The fourth-order valence-corrected chi connectivity index (χ4v) is 3.69. The van der Waals surface area contributed by atoms with Crippen molar-refractivity contribution >= 4 is 23.2 Å². The minimum atomic E-state index is 0.143. The standard InChI is InChI=1S/C16H22Cl2/c1-11-9-15(17)12(2)8-14(11)16(18)10-13-6-4-3-5-7-13/h8-9,13,16H,3-7,10H2,1-2H3. The smallest absolute Gasteiger partial charge is 0.0590 e. The van der Waals surface area contributed by atoms with Crippen molar-refractivity contribution in [1.82, 2.24) is 0 Å². The van der Waals surface area contributed by atoms with Gasteiger partial charge in [0.2, 0.25) is 0 Å². The summed E-state index contributed by atoms with van der Waals surface area (Å²) in [4.78, 5) is 0. The Morgan fingerprint density at radius 1 is 1.11 bits per heavy atom. The van der Waals surface area contributed by atoms with Crippen molar-refractivity contribution in [2.45, 2.75) is 57.7 Å². The van der Waals surface area contributed by atoms with Gasteiger partial charge in [-0.25, -0.2) is 0 Å². The van der Waals surface area contributed by atoms with Gasteiger partial charge in [-0.1, -0.05) is 49.8 Å². The molecule has 0 spiro atoms. The van der Waals surface area contributed by atoms with E-state index in [1.165, 1.54) is 43.2 Å². The van der Waals surface area contributed by atoms with Crippen LogP contribution in [-0.2, 0) is 0 Å². The molecule has 1 aromatic carbocycles. The van der Waals surface area contributed by atoms with Gasteiger partial charge in [0.1, 0.15) is 0 Å². The van der Waals surface area contributed by atoms with Crippen molar-refractivity contribution in [3.63, 3.8) is 0 Å². The van der Waals surface area contributed by atoms with Crippen LogP contribution in [0.25, 0.3) is 0 Å². The lowest BCUT2D eigenvalue weighted by molar-refractivity contribution is 0.336. The molecule has 1 aliphatic rings. The average Bonchev–Trinajstić information content (AvgIpc) is 2.35. The molecule has 2 heteroatoms. The third kappa shape index (κ3) is 3.42. The van der Waals surface area contributed by atoms with Crippen molar-refractivity contribution in [3.8, 4) is 0 Å². The minimum absolute atomic E-state index is 0.143. The van der Waals surface area contributed by atoms with E-state index in [1.54, 1.807) is 0 Å². The van der Waals surface area contributed by atoms with Crippen LogP contribution in [0.1, 0.15) is 60.6 Å². The second-order valence-corrected chi connectivity index (χ2v) is 6.60. The highest BCUT2D eigenvalue weighted by molar-refractivity contribution is 6.31. The molecule has 0 saturated heterocycles. The predicted octanol–water partition coefficient (Wildman–Crippen LogP) is 6.21. The van der Waals surface area contributed by atoms with Gasteiger partial charge in [0.25, 0.3) is 0 Å². The maximum absolute atomic E-state index is 6.63. The topological polar surface area (TPSA) is 0 Å². The molecule has 100 valence electrons. The second kappa shape index (κ2) is 6.30. The van der Waals surface area contributed by atoms with Crippen LogP contribution in [0.15, 0.2) is 12.1 Å². The quantitative estimate of drug-likeness (QED) is 0.579. The van der Waals surface area contributed by atoms with Crippen LogP contribution in [0.3, 0.4) is 0 Å². The molecule has 0 bridgehead atoms. The molecule has 1 atom stereocenters. The molecule has 1 aliphatic carbocycles. The van der Waals surface area contributed by atoms with E-state index < -0.39 is 0 Å². The van der Waals surface area contributed by atoms with Gasteiger partial charge in [-0.3, -0.25) is 0 Å². The summed E-state index contributed by atoms with van der Waals surface area (Å²) in [7, 11) is 0. The highest BCUT2D eigenvalue weighted by atomic mass is 35.5. The van der Waals surface area contributed by atoms with Gasteiger partial charge in [0.15, 0.2) is 0 Å². The lowest BCUT2D eigenvalue weighted by Crippen LogP contribution is -2.09.